The molecule has 0 fully saturated rings. The van der Waals surface area contributed by atoms with Gasteiger partial charge < -0.3 is 4.90 Å². The van der Waals surface area contributed by atoms with Gasteiger partial charge in [0.25, 0.3) is 0 Å². The van der Waals surface area contributed by atoms with Crippen LogP contribution in [0.4, 0.5) is 17.1 Å². The average molecular weight is 571 g/mol. The SMILES string of the molecule is CC(C)(C)c1cnc(-c2[c-]ccc(N(c3ccccc3)c3ccccc3)c2)nc1.[Ir]. The van der Waals surface area contributed by atoms with E-state index in [9.17, 15) is 0 Å². The summed E-state index contributed by atoms with van der Waals surface area (Å²) in [5, 5.41) is 0. The number of rotatable bonds is 4. The summed E-state index contributed by atoms with van der Waals surface area (Å²) in [6.45, 7) is 6.49. The Balaban J connectivity index is 0.00000256. The zero-order valence-electron chi connectivity index (χ0n) is 17.3. The Morgan fingerprint density at radius 3 is 1.77 bits per heavy atom. The predicted molar refractivity (Wildman–Crippen MR) is 120 cm³/mol. The van der Waals surface area contributed by atoms with E-state index >= 15 is 0 Å². The fourth-order valence-electron chi connectivity index (χ4n) is 3.18. The molecule has 0 atom stereocenters. The first-order valence-electron chi connectivity index (χ1n) is 9.77. The van der Waals surface area contributed by atoms with Crippen molar-refractivity contribution >= 4 is 17.1 Å². The quantitative estimate of drug-likeness (QED) is 0.256. The molecule has 153 valence electrons. The molecule has 0 saturated heterocycles. The second kappa shape index (κ2) is 9.34. The van der Waals surface area contributed by atoms with E-state index in [0.717, 1.165) is 28.2 Å². The normalized spacial score (nSPS) is 10.9. The topological polar surface area (TPSA) is 29.0 Å². The molecule has 4 heteroatoms. The maximum atomic E-state index is 4.60. The van der Waals surface area contributed by atoms with Gasteiger partial charge in [0.2, 0.25) is 0 Å². The molecule has 1 aromatic heterocycles. The number of para-hydroxylation sites is 2. The fourth-order valence-corrected chi connectivity index (χ4v) is 3.18. The minimum Gasteiger partial charge on any atom is -0.328 e. The summed E-state index contributed by atoms with van der Waals surface area (Å²) in [5.74, 6) is 0.681. The van der Waals surface area contributed by atoms with E-state index in [-0.39, 0.29) is 25.5 Å². The minimum atomic E-state index is 0. The summed E-state index contributed by atoms with van der Waals surface area (Å²) < 4.78 is 0. The van der Waals surface area contributed by atoms with Crippen molar-refractivity contribution in [3.63, 3.8) is 0 Å². The first-order chi connectivity index (χ1) is 14.0. The molecule has 1 radical (unpaired) electrons. The van der Waals surface area contributed by atoms with Crippen molar-refractivity contribution < 1.29 is 20.1 Å². The van der Waals surface area contributed by atoms with Crippen LogP contribution in [0.5, 0.6) is 0 Å². The smallest absolute Gasteiger partial charge is 0.0749 e. The number of hydrogen-bond donors (Lipinski definition) is 0. The summed E-state index contributed by atoms with van der Waals surface area (Å²) in [6.07, 6.45) is 3.82. The average Bonchev–Trinajstić information content (AvgIpc) is 2.75. The van der Waals surface area contributed by atoms with Gasteiger partial charge in [0.15, 0.2) is 0 Å². The van der Waals surface area contributed by atoms with Gasteiger partial charge in [-0.1, -0.05) is 57.2 Å². The third-order valence-electron chi connectivity index (χ3n) is 4.83. The molecule has 1 heterocycles. The summed E-state index contributed by atoms with van der Waals surface area (Å²) in [7, 11) is 0. The molecule has 3 nitrogen and oxygen atoms in total. The van der Waals surface area contributed by atoms with E-state index in [1.807, 2.05) is 30.6 Å². The summed E-state index contributed by atoms with van der Waals surface area (Å²) in [5.41, 5.74) is 5.26. The van der Waals surface area contributed by atoms with E-state index < -0.39 is 0 Å². The van der Waals surface area contributed by atoms with Crippen LogP contribution in [0.3, 0.4) is 0 Å². The van der Waals surface area contributed by atoms with Crippen LogP contribution in [-0.2, 0) is 25.5 Å². The van der Waals surface area contributed by atoms with Crippen molar-refractivity contribution in [2.45, 2.75) is 26.2 Å². The van der Waals surface area contributed by atoms with E-state index in [1.54, 1.807) is 0 Å². The Bertz CT molecular complexity index is 1030. The molecule has 0 aliphatic heterocycles. The van der Waals surface area contributed by atoms with Crippen molar-refractivity contribution in [1.82, 2.24) is 9.97 Å². The van der Waals surface area contributed by atoms with Crippen molar-refractivity contribution in [3.8, 4) is 11.4 Å². The molecule has 30 heavy (non-hydrogen) atoms. The maximum Gasteiger partial charge on any atom is 0.0749 e. The van der Waals surface area contributed by atoms with Crippen LogP contribution in [-0.4, -0.2) is 9.97 Å². The number of hydrogen-bond acceptors (Lipinski definition) is 3. The van der Waals surface area contributed by atoms with Crippen molar-refractivity contribution in [3.05, 3.63) is 103 Å². The molecule has 4 rings (SSSR count). The molecule has 0 bridgehead atoms. The van der Waals surface area contributed by atoms with Crippen LogP contribution >= 0.6 is 0 Å². The van der Waals surface area contributed by atoms with Gasteiger partial charge in [-0.15, -0.1) is 29.8 Å². The zero-order chi connectivity index (χ0) is 20.3. The Labute approximate surface area is 192 Å². The van der Waals surface area contributed by atoms with Gasteiger partial charge in [-0.05, 0) is 40.9 Å². The number of nitrogens with zero attached hydrogens (tertiary/aromatic N) is 3. The Hall–Kier alpha value is -2.81. The molecule has 0 amide bonds. The van der Waals surface area contributed by atoms with Gasteiger partial charge in [0, 0.05) is 43.9 Å². The van der Waals surface area contributed by atoms with Gasteiger partial charge in [0.05, 0.1) is 5.82 Å². The van der Waals surface area contributed by atoms with E-state index in [0.29, 0.717) is 5.82 Å². The largest absolute Gasteiger partial charge is 0.328 e. The van der Waals surface area contributed by atoms with E-state index in [1.165, 1.54) is 0 Å². The van der Waals surface area contributed by atoms with Crippen LogP contribution in [0.25, 0.3) is 11.4 Å². The van der Waals surface area contributed by atoms with Crippen LogP contribution in [0.15, 0.2) is 91.3 Å². The molecule has 0 aliphatic rings. The molecule has 0 spiro atoms. The predicted octanol–water partition coefficient (Wildman–Crippen LogP) is 6.71. The maximum absolute atomic E-state index is 4.60. The summed E-state index contributed by atoms with van der Waals surface area (Å²) in [6, 6.07) is 30.1. The molecule has 0 N–H and O–H groups in total. The van der Waals surface area contributed by atoms with E-state index in [4.69, 9.17) is 0 Å². The number of anilines is 3. The van der Waals surface area contributed by atoms with Crippen LogP contribution in [0.2, 0.25) is 0 Å². The van der Waals surface area contributed by atoms with Crippen molar-refractivity contribution in [1.29, 1.82) is 0 Å². The second-order valence-corrected chi connectivity index (χ2v) is 8.01. The van der Waals surface area contributed by atoms with Gasteiger partial charge >= 0.3 is 0 Å². The first kappa shape index (κ1) is 21.9. The molecule has 4 aromatic rings. The fraction of sp³-hybridized carbons (Fsp3) is 0.154. The molecule has 0 unspecified atom stereocenters. The van der Waals surface area contributed by atoms with Crippen molar-refractivity contribution in [2.75, 3.05) is 4.90 Å². The molecule has 3 aromatic carbocycles. The third-order valence-corrected chi connectivity index (χ3v) is 4.83. The summed E-state index contributed by atoms with van der Waals surface area (Å²) >= 11 is 0. The summed E-state index contributed by atoms with van der Waals surface area (Å²) in [4.78, 5) is 11.4. The van der Waals surface area contributed by atoms with Gasteiger partial charge in [0.1, 0.15) is 0 Å². The second-order valence-electron chi connectivity index (χ2n) is 8.01. The molecule has 0 aliphatic carbocycles. The van der Waals surface area contributed by atoms with Crippen LogP contribution in [0.1, 0.15) is 26.3 Å². The monoisotopic (exact) mass is 571 g/mol. The molecular weight excluding hydrogens is 547 g/mol. The number of benzene rings is 3. The first-order valence-corrected chi connectivity index (χ1v) is 9.77. The van der Waals surface area contributed by atoms with E-state index in [2.05, 4.69) is 102 Å². The Morgan fingerprint density at radius 2 is 1.27 bits per heavy atom. The third kappa shape index (κ3) is 4.84. The Morgan fingerprint density at radius 1 is 0.733 bits per heavy atom. The van der Waals surface area contributed by atoms with Crippen LogP contribution in [0, 0.1) is 6.07 Å². The standard InChI is InChI=1S/C26H24N3.Ir/c1-26(2,3)21-18-27-25(28-19-21)20-11-10-16-24(17-20)29(22-12-6-4-7-13-22)23-14-8-5-9-15-23;/h4-10,12-19H,1-3H3;/q-1;. The molecule has 0 saturated carbocycles. The van der Waals surface area contributed by atoms with Gasteiger partial charge in [-0.3, -0.25) is 9.97 Å². The Kier molecular flexibility index (Phi) is 6.81. The molecular formula is C26H24IrN3-. The van der Waals surface area contributed by atoms with Gasteiger partial charge in [-0.2, -0.15) is 0 Å². The van der Waals surface area contributed by atoms with Crippen LogP contribution < -0.4 is 4.90 Å². The zero-order valence-corrected chi connectivity index (χ0v) is 19.7. The van der Waals surface area contributed by atoms with Gasteiger partial charge in [-0.25, -0.2) is 0 Å². The van der Waals surface area contributed by atoms with Crippen molar-refractivity contribution in [2.24, 2.45) is 0 Å². The number of aromatic nitrogens is 2. The minimum absolute atomic E-state index is 0.